The Kier molecular flexibility index (Phi) is 5.45. The average molecular weight is 241 g/mol. The molecule has 0 fully saturated rings. The molecule has 0 saturated carbocycles. The quantitative estimate of drug-likeness (QED) is 0.809. The Morgan fingerprint density at radius 1 is 1.56 bits per heavy atom. The molecule has 2 unspecified atom stereocenters. The molecule has 0 radical (unpaired) electrons. The fourth-order valence-corrected chi connectivity index (χ4v) is 1.90. The maximum absolute atomic E-state index is 10.7. The van der Waals surface area contributed by atoms with Gasteiger partial charge in [0.1, 0.15) is 6.10 Å². The van der Waals surface area contributed by atoms with Gasteiger partial charge >= 0.3 is 0 Å². The number of hydrogen-bond acceptors (Lipinski definition) is 5. The second-order valence-corrected chi connectivity index (χ2v) is 4.70. The summed E-state index contributed by atoms with van der Waals surface area (Å²) in [6, 6.07) is 3.41. The number of thioether (sulfide) groups is 1. The summed E-state index contributed by atoms with van der Waals surface area (Å²) in [7, 11) is 0. The van der Waals surface area contributed by atoms with Gasteiger partial charge in [-0.25, -0.2) is 0 Å². The molecule has 1 rings (SSSR count). The van der Waals surface area contributed by atoms with Crippen LogP contribution in [0.4, 0.5) is 0 Å². The van der Waals surface area contributed by atoms with E-state index in [0.717, 1.165) is 11.8 Å². The first-order chi connectivity index (χ1) is 7.61. The van der Waals surface area contributed by atoms with Crippen molar-refractivity contribution in [2.24, 2.45) is 0 Å². The van der Waals surface area contributed by atoms with Gasteiger partial charge in [-0.15, -0.1) is 0 Å². The monoisotopic (exact) mass is 241 g/mol. The maximum Gasteiger partial charge on any atom is 0.185 e. The fraction of sp³-hybridized carbons (Fsp3) is 0.455. The Morgan fingerprint density at radius 2 is 2.31 bits per heavy atom. The average Bonchev–Trinajstić information content (AvgIpc) is 2.28. The molecule has 0 aliphatic rings. The number of carbonyl (C=O) groups is 1. The van der Waals surface area contributed by atoms with Crippen molar-refractivity contribution in [2.45, 2.75) is 25.6 Å². The Labute approximate surface area is 98.7 Å². The van der Waals surface area contributed by atoms with E-state index in [9.17, 15) is 15.0 Å². The number of pyridine rings is 1. The van der Waals surface area contributed by atoms with Gasteiger partial charge in [-0.05, 0) is 12.5 Å². The Bertz CT molecular complexity index is 331. The molecule has 2 N–H and O–H groups in total. The van der Waals surface area contributed by atoms with E-state index in [1.165, 1.54) is 13.1 Å². The molecule has 88 valence electrons. The highest BCUT2D eigenvalue weighted by Gasteiger charge is 2.18. The van der Waals surface area contributed by atoms with E-state index < -0.39 is 12.2 Å². The van der Waals surface area contributed by atoms with E-state index in [0.29, 0.717) is 17.7 Å². The Hall–Kier alpha value is -0.910. The van der Waals surface area contributed by atoms with Crippen LogP contribution in [0.25, 0.3) is 0 Å². The second kappa shape index (κ2) is 6.62. The largest absolute Gasteiger partial charge is 0.390 e. The highest BCUT2D eigenvalue weighted by atomic mass is 32.2. The molecule has 16 heavy (non-hydrogen) atoms. The lowest BCUT2D eigenvalue weighted by Gasteiger charge is -2.17. The third-order valence-corrected chi connectivity index (χ3v) is 2.96. The summed E-state index contributed by atoms with van der Waals surface area (Å²) in [6.07, 6.45) is 1.69. The summed E-state index contributed by atoms with van der Waals surface area (Å²) >= 11 is 1.15. The molecule has 0 spiro atoms. The predicted molar refractivity (Wildman–Crippen MR) is 63.0 cm³/mol. The minimum absolute atomic E-state index is 0.0167. The van der Waals surface area contributed by atoms with E-state index >= 15 is 0 Å². The molecule has 0 aromatic carbocycles. The van der Waals surface area contributed by atoms with Crippen LogP contribution < -0.4 is 0 Å². The van der Waals surface area contributed by atoms with Gasteiger partial charge in [0, 0.05) is 30.6 Å². The van der Waals surface area contributed by atoms with Crippen LogP contribution in [0.3, 0.4) is 0 Å². The van der Waals surface area contributed by atoms with Crippen molar-refractivity contribution in [3.8, 4) is 0 Å². The normalized spacial score (nSPS) is 14.4. The molecule has 0 amide bonds. The zero-order chi connectivity index (χ0) is 12.0. The van der Waals surface area contributed by atoms with Gasteiger partial charge in [-0.3, -0.25) is 9.78 Å². The van der Waals surface area contributed by atoms with E-state index in [2.05, 4.69) is 4.98 Å². The number of nitrogens with zero attached hydrogens (tertiary/aromatic N) is 1. The van der Waals surface area contributed by atoms with Crippen molar-refractivity contribution in [3.05, 3.63) is 30.1 Å². The fourth-order valence-electron chi connectivity index (χ4n) is 1.25. The second-order valence-electron chi connectivity index (χ2n) is 3.43. The first-order valence-corrected chi connectivity index (χ1v) is 5.99. The van der Waals surface area contributed by atoms with Crippen LogP contribution in [-0.2, 0) is 4.79 Å². The summed E-state index contributed by atoms with van der Waals surface area (Å²) in [5, 5.41) is 19.5. The van der Waals surface area contributed by atoms with Gasteiger partial charge in [-0.1, -0.05) is 17.8 Å². The van der Waals surface area contributed by atoms with Crippen LogP contribution in [0, 0.1) is 0 Å². The Balaban J connectivity index is 2.42. The number of rotatable bonds is 5. The Morgan fingerprint density at radius 3 is 2.88 bits per heavy atom. The molecule has 0 aliphatic carbocycles. The van der Waals surface area contributed by atoms with Crippen molar-refractivity contribution < 1.29 is 15.0 Å². The van der Waals surface area contributed by atoms with Gasteiger partial charge in [-0.2, -0.15) is 0 Å². The third kappa shape index (κ3) is 4.30. The van der Waals surface area contributed by atoms with Gasteiger partial charge < -0.3 is 10.2 Å². The molecule has 0 saturated heterocycles. The van der Waals surface area contributed by atoms with Crippen molar-refractivity contribution in [2.75, 3.05) is 5.75 Å². The third-order valence-electron chi connectivity index (χ3n) is 2.11. The van der Waals surface area contributed by atoms with Gasteiger partial charge in [0.15, 0.2) is 5.12 Å². The van der Waals surface area contributed by atoms with Gasteiger partial charge in [0.25, 0.3) is 0 Å². The standard InChI is InChI=1S/C11H15NO3S/c1-8(13)16-6-4-10(14)11(15)9-3-2-5-12-7-9/h2-3,5,7,10-11,14-15H,4,6H2,1H3. The summed E-state index contributed by atoms with van der Waals surface area (Å²) in [5.74, 6) is 0.508. The smallest absolute Gasteiger partial charge is 0.185 e. The minimum Gasteiger partial charge on any atom is -0.390 e. The first-order valence-electron chi connectivity index (χ1n) is 5.00. The number of aromatic nitrogens is 1. The van der Waals surface area contributed by atoms with Crippen LogP contribution in [0.2, 0.25) is 0 Å². The van der Waals surface area contributed by atoms with Crippen molar-refractivity contribution in [3.63, 3.8) is 0 Å². The summed E-state index contributed by atoms with van der Waals surface area (Å²) in [4.78, 5) is 14.5. The molecule has 4 nitrogen and oxygen atoms in total. The summed E-state index contributed by atoms with van der Waals surface area (Å²) in [6.45, 7) is 1.48. The topological polar surface area (TPSA) is 70.4 Å². The zero-order valence-corrected chi connectivity index (χ0v) is 9.85. The molecule has 0 bridgehead atoms. The molecule has 5 heteroatoms. The lowest BCUT2D eigenvalue weighted by molar-refractivity contribution is -0.109. The number of carbonyl (C=O) groups excluding carboxylic acids is 1. The number of aliphatic hydroxyl groups is 2. The van der Waals surface area contributed by atoms with E-state index in [-0.39, 0.29) is 5.12 Å². The summed E-state index contributed by atoms with van der Waals surface area (Å²) < 4.78 is 0. The van der Waals surface area contributed by atoms with Crippen LogP contribution in [0.1, 0.15) is 25.0 Å². The molecule has 2 atom stereocenters. The van der Waals surface area contributed by atoms with Crippen LogP contribution in [0.5, 0.6) is 0 Å². The molecular weight excluding hydrogens is 226 g/mol. The summed E-state index contributed by atoms with van der Waals surface area (Å²) in [5.41, 5.74) is 0.586. The lowest BCUT2D eigenvalue weighted by atomic mass is 10.1. The first kappa shape index (κ1) is 13.2. The van der Waals surface area contributed by atoms with Crippen molar-refractivity contribution in [1.82, 2.24) is 4.98 Å². The van der Waals surface area contributed by atoms with E-state index in [1.54, 1.807) is 18.3 Å². The predicted octanol–water partition coefficient (Wildman–Crippen LogP) is 1.15. The van der Waals surface area contributed by atoms with Crippen LogP contribution in [-0.4, -0.2) is 32.2 Å². The molecule has 1 heterocycles. The molecular formula is C11H15NO3S. The molecule has 1 aromatic rings. The maximum atomic E-state index is 10.7. The van der Waals surface area contributed by atoms with Gasteiger partial charge in [0.2, 0.25) is 0 Å². The van der Waals surface area contributed by atoms with Crippen LogP contribution >= 0.6 is 11.8 Å². The highest BCUT2D eigenvalue weighted by molar-refractivity contribution is 8.13. The minimum atomic E-state index is -0.943. The van der Waals surface area contributed by atoms with Gasteiger partial charge in [0.05, 0.1) is 6.10 Å². The number of hydrogen-bond donors (Lipinski definition) is 2. The molecule has 1 aromatic heterocycles. The lowest BCUT2D eigenvalue weighted by Crippen LogP contribution is -2.19. The zero-order valence-electron chi connectivity index (χ0n) is 9.04. The SMILES string of the molecule is CC(=O)SCCC(O)C(O)c1cccnc1. The molecule has 0 aliphatic heterocycles. The number of aliphatic hydroxyl groups excluding tert-OH is 2. The van der Waals surface area contributed by atoms with E-state index in [1.807, 2.05) is 0 Å². The van der Waals surface area contributed by atoms with E-state index in [4.69, 9.17) is 0 Å². The van der Waals surface area contributed by atoms with Crippen molar-refractivity contribution >= 4 is 16.9 Å². The van der Waals surface area contributed by atoms with Crippen molar-refractivity contribution in [1.29, 1.82) is 0 Å². The van der Waals surface area contributed by atoms with Crippen LogP contribution in [0.15, 0.2) is 24.5 Å². The highest BCUT2D eigenvalue weighted by Crippen LogP contribution is 2.19.